The predicted octanol–water partition coefficient (Wildman–Crippen LogP) is 3.90. The number of aromatic amines is 1. The second-order valence-corrected chi connectivity index (χ2v) is 7.40. The summed E-state index contributed by atoms with van der Waals surface area (Å²) < 4.78 is 10.7. The van der Waals surface area contributed by atoms with Gasteiger partial charge in [0.1, 0.15) is 5.82 Å². The minimum Gasteiger partial charge on any atom is -0.461 e. The Kier molecular flexibility index (Phi) is 4.54. The molecule has 1 aliphatic heterocycles. The molecule has 1 N–H and O–H groups in total. The van der Waals surface area contributed by atoms with Gasteiger partial charge in [-0.1, -0.05) is 16.8 Å². The fourth-order valence-corrected chi connectivity index (χ4v) is 3.64. The van der Waals surface area contributed by atoms with E-state index in [1.165, 1.54) is 0 Å². The average molecular weight is 409 g/mol. The zero-order valence-corrected chi connectivity index (χ0v) is 16.1. The summed E-state index contributed by atoms with van der Waals surface area (Å²) in [5.41, 5.74) is 3.06. The lowest BCUT2D eigenvalue weighted by Crippen LogP contribution is -2.35. The number of halogens is 1. The van der Waals surface area contributed by atoms with Gasteiger partial charge in [0.25, 0.3) is 5.56 Å². The zero-order chi connectivity index (χ0) is 19.8. The Labute approximate surface area is 170 Å². The van der Waals surface area contributed by atoms with Crippen LogP contribution in [0.1, 0.15) is 17.0 Å². The fourth-order valence-electron chi connectivity index (χ4n) is 3.51. The molecule has 0 amide bonds. The molecule has 146 valence electrons. The van der Waals surface area contributed by atoms with Crippen LogP contribution in [-0.4, -0.2) is 26.6 Å². The number of hydrogen-bond donors (Lipinski definition) is 1. The molecule has 0 bridgehead atoms. The standard InChI is InChI=1S/C21H17ClN4O3/c22-14-5-3-13(4-6-14)20-23-17-7-8-26(12-16(17)21(27)24-20)11-15-10-19(29-25-15)18-2-1-9-28-18/h1-6,9-10H,7-8,11-12H2,(H,23,24,27). The summed E-state index contributed by atoms with van der Waals surface area (Å²) >= 11 is 5.94. The lowest BCUT2D eigenvalue weighted by Gasteiger charge is -2.26. The lowest BCUT2D eigenvalue weighted by molar-refractivity contribution is 0.234. The first-order valence-corrected chi connectivity index (χ1v) is 9.63. The van der Waals surface area contributed by atoms with E-state index >= 15 is 0 Å². The number of furan rings is 1. The molecule has 29 heavy (non-hydrogen) atoms. The molecule has 0 saturated carbocycles. The van der Waals surface area contributed by atoms with Crippen LogP contribution in [0.25, 0.3) is 22.9 Å². The van der Waals surface area contributed by atoms with Crippen molar-refractivity contribution in [3.05, 3.63) is 81.1 Å². The van der Waals surface area contributed by atoms with Crippen LogP contribution < -0.4 is 5.56 Å². The van der Waals surface area contributed by atoms with Gasteiger partial charge in [-0.15, -0.1) is 0 Å². The van der Waals surface area contributed by atoms with Crippen molar-refractivity contribution in [3.63, 3.8) is 0 Å². The summed E-state index contributed by atoms with van der Waals surface area (Å²) in [4.78, 5) is 22.4. The normalized spacial score (nSPS) is 14.1. The molecule has 0 saturated heterocycles. The average Bonchev–Trinajstić information content (AvgIpc) is 3.41. The van der Waals surface area contributed by atoms with Crippen LogP contribution in [-0.2, 0) is 19.5 Å². The minimum absolute atomic E-state index is 0.110. The molecule has 0 spiro atoms. The molecule has 4 heterocycles. The van der Waals surface area contributed by atoms with E-state index in [0.717, 1.165) is 23.5 Å². The Morgan fingerprint density at radius 1 is 1.17 bits per heavy atom. The number of rotatable bonds is 4. The molecule has 5 rings (SSSR count). The summed E-state index contributed by atoms with van der Waals surface area (Å²) in [6.45, 7) is 1.88. The fraction of sp³-hybridized carbons (Fsp3) is 0.190. The highest BCUT2D eigenvalue weighted by Gasteiger charge is 2.23. The molecule has 8 heteroatoms. The molecule has 0 radical (unpaired) electrons. The van der Waals surface area contributed by atoms with E-state index in [9.17, 15) is 4.79 Å². The second-order valence-electron chi connectivity index (χ2n) is 6.97. The molecular weight excluding hydrogens is 392 g/mol. The first-order chi connectivity index (χ1) is 14.2. The first kappa shape index (κ1) is 17.9. The third-order valence-corrected chi connectivity index (χ3v) is 5.23. The zero-order valence-electron chi connectivity index (χ0n) is 15.4. The first-order valence-electron chi connectivity index (χ1n) is 9.25. The Balaban J connectivity index is 1.34. The third kappa shape index (κ3) is 3.62. The molecule has 0 unspecified atom stereocenters. The van der Waals surface area contributed by atoms with Crippen molar-refractivity contribution in [3.8, 4) is 22.9 Å². The molecule has 1 aromatic carbocycles. The van der Waals surface area contributed by atoms with E-state index in [4.69, 9.17) is 20.5 Å². The molecule has 0 aliphatic carbocycles. The van der Waals surface area contributed by atoms with Crippen LogP contribution >= 0.6 is 11.6 Å². The monoisotopic (exact) mass is 408 g/mol. The van der Waals surface area contributed by atoms with Gasteiger partial charge in [0.05, 0.1) is 23.2 Å². The van der Waals surface area contributed by atoms with E-state index in [2.05, 4.69) is 20.0 Å². The lowest BCUT2D eigenvalue weighted by atomic mass is 10.1. The Bertz CT molecular complexity index is 1200. The number of aromatic nitrogens is 3. The van der Waals surface area contributed by atoms with Crippen LogP contribution in [0.2, 0.25) is 5.02 Å². The van der Waals surface area contributed by atoms with Crippen LogP contribution in [0.4, 0.5) is 0 Å². The molecule has 0 atom stereocenters. The maximum absolute atomic E-state index is 12.7. The number of fused-ring (bicyclic) bond motifs is 1. The number of H-pyrrole nitrogens is 1. The number of nitrogens with zero attached hydrogens (tertiary/aromatic N) is 3. The Morgan fingerprint density at radius 3 is 2.83 bits per heavy atom. The Hall–Kier alpha value is -3.16. The molecule has 7 nitrogen and oxygen atoms in total. The van der Waals surface area contributed by atoms with Crippen molar-refractivity contribution < 1.29 is 8.94 Å². The summed E-state index contributed by atoms with van der Waals surface area (Å²) in [5.74, 6) is 1.80. The molecule has 1 aliphatic rings. The van der Waals surface area contributed by atoms with Gasteiger partial charge in [0.2, 0.25) is 5.76 Å². The van der Waals surface area contributed by atoms with Crippen molar-refractivity contribution in [1.29, 1.82) is 0 Å². The summed E-state index contributed by atoms with van der Waals surface area (Å²) in [7, 11) is 0. The van der Waals surface area contributed by atoms with Crippen molar-refractivity contribution in [2.24, 2.45) is 0 Å². The van der Waals surface area contributed by atoms with E-state index in [1.807, 2.05) is 24.3 Å². The van der Waals surface area contributed by atoms with Crippen molar-refractivity contribution in [2.45, 2.75) is 19.5 Å². The van der Waals surface area contributed by atoms with Gasteiger partial charge in [0, 0.05) is 42.7 Å². The van der Waals surface area contributed by atoms with Gasteiger partial charge in [0.15, 0.2) is 5.76 Å². The number of hydrogen-bond acceptors (Lipinski definition) is 6. The van der Waals surface area contributed by atoms with Gasteiger partial charge in [-0.25, -0.2) is 4.98 Å². The van der Waals surface area contributed by atoms with Gasteiger partial charge < -0.3 is 13.9 Å². The quantitative estimate of drug-likeness (QED) is 0.551. The van der Waals surface area contributed by atoms with E-state index in [0.29, 0.717) is 47.4 Å². The summed E-state index contributed by atoms with van der Waals surface area (Å²) in [6, 6.07) is 12.8. The highest BCUT2D eigenvalue weighted by atomic mass is 35.5. The smallest absolute Gasteiger partial charge is 0.255 e. The molecule has 3 aromatic heterocycles. The minimum atomic E-state index is -0.110. The molecular formula is C21H17ClN4O3. The highest BCUT2D eigenvalue weighted by Crippen LogP contribution is 2.24. The van der Waals surface area contributed by atoms with Crippen molar-refractivity contribution in [1.82, 2.24) is 20.0 Å². The number of nitrogens with one attached hydrogen (secondary N) is 1. The largest absolute Gasteiger partial charge is 0.461 e. The molecule has 4 aromatic rings. The van der Waals surface area contributed by atoms with Crippen LogP contribution in [0.3, 0.4) is 0 Å². The van der Waals surface area contributed by atoms with Gasteiger partial charge in [-0.05, 0) is 36.4 Å². The van der Waals surface area contributed by atoms with Gasteiger partial charge in [-0.3, -0.25) is 9.69 Å². The van der Waals surface area contributed by atoms with Crippen molar-refractivity contribution in [2.75, 3.05) is 6.54 Å². The maximum Gasteiger partial charge on any atom is 0.255 e. The van der Waals surface area contributed by atoms with Gasteiger partial charge in [-0.2, -0.15) is 0 Å². The van der Waals surface area contributed by atoms with E-state index in [1.54, 1.807) is 24.5 Å². The van der Waals surface area contributed by atoms with Crippen LogP contribution in [0, 0.1) is 0 Å². The van der Waals surface area contributed by atoms with Crippen LogP contribution in [0.15, 0.2) is 62.5 Å². The SMILES string of the molecule is O=c1[nH]c(-c2ccc(Cl)cc2)nc2c1CN(Cc1cc(-c3ccco3)on1)CC2. The van der Waals surface area contributed by atoms with Crippen LogP contribution in [0.5, 0.6) is 0 Å². The predicted molar refractivity (Wildman–Crippen MR) is 107 cm³/mol. The second kappa shape index (κ2) is 7.35. The summed E-state index contributed by atoms with van der Waals surface area (Å²) in [6.07, 6.45) is 2.29. The number of benzene rings is 1. The highest BCUT2D eigenvalue weighted by molar-refractivity contribution is 6.30. The van der Waals surface area contributed by atoms with Crippen molar-refractivity contribution >= 4 is 11.6 Å². The summed E-state index contributed by atoms with van der Waals surface area (Å²) in [5, 5.41) is 4.76. The van der Waals surface area contributed by atoms with Gasteiger partial charge >= 0.3 is 0 Å². The van der Waals surface area contributed by atoms with E-state index in [-0.39, 0.29) is 5.56 Å². The third-order valence-electron chi connectivity index (χ3n) is 4.97. The maximum atomic E-state index is 12.7. The van der Waals surface area contributed by atoms with E-state index < -0.39 is 0 Å². The Morgan fingerprint density at radius 2 is 2.03 bits per heavy atom. The topological polar surface area (TPSA) is 88.2 Å². The molecule has 0 fully saturated rings.